The number of rotatable bonds is 6. The van der Waals surface area contributed by atoms with Gasteiger partial charge in [0.05, 0.1) is 24.5 Å². The van der Waals surface area contributed by atoms with E-state index in [0.717, 1.165) is 0 Å². The lowest BCUT2D eigenvalue weighted by molar-refractivity contribution is -0.129. The van der Waals surface area contributed by atoms with Gasteiger partial charge < -0.3 is 20.5 Å². The maximum atomic E-state index is 12.8. The third-order valence-corrected chi connectivity index (χ3v) is 4.84. The van der Waals surface area contributed by atoms with Crippen molar-refractivity contribution in [3.63, 3.8) is 0 Å². The number of ether oxygens (including phenoxy) is 1. The summed E-state index contributed by atoms with van der Waals surface area (Å²) in [5, 5.41) is 14.6. The van der Waals surface area contributed by atoms with Gasteiger partial charge in [0.1, 0.15) is 5.75 Å². The Kier molecular flexibility index (Phi) is 6.29. The highest BCUT2D eigenvalue weighted by molar-refractivity contribution is 6.00. The molecule has 1 aliphatic carbocycles. The Bertz CT molecular complexity index is 936. The van der Waals surface area contributed by atoms with Gasteiger partial charge in [0.15, 0.2) is 0 Å². The molecule has 0 spiro atoms. The topological polar surface area (TPSA) is 105 Å². The van der Waals surface area contributed by atoms with E-state index in [0.29, 0.717) is 30.0 Å². The van der Waals surface area contributed by atoms with E-state index in [4.69, 9.17) is 9.84 Å². The second-order valence-corrected chi connectivity index (χ2v) is 6.75. The molecule has 0 fully saturated rings. The third kappa shape index (κ3) is 5.01. The summed E-state index contributed by atoms with van der Waals surface area (Å²) in [6, 6.07) is 13.0. The highest BCUT2D eigenvalue weighted by Crippen LogP contribution is 2.29. The first-order chi connectivity index (χ1) is 14.0. The van der Waals surface area contributed by atoms with Crippen molar-refractivity contribution in [1.29, 1.82) is 0 Å². The molecular weight excluding hydrogens is 372 g/mol. The summed E-state index contributed by atoms with van der Waals surface area (Å²) in [5.74, 6) is -1.94. The Labute approximate surface area is 168 Å². The minimum absolute atomic E-state index is 0.138. The minimum Gasteiger partial charge on any atom is -0.497 e. The predicted octanol–water partition coefficient (Wildman–Crippen LogP) is 3.55. The third-order valence-electron chi connectivity index (χ3n) is 4.84. The smallest absolute Gasteiger partial charge is 0.335 e. The van der Waals surface area contributed by atoms with Crippen LogP contribution >= 0.6 is 0 Å². The highest BCUT2D eigenvalue weighted by Gasteiger charge is 2.34. The predicted molar refractivity (Wildman–Crippen MR) is 109 cm³/mol. The van der Waals surface area contributed by atoms with E-state index in [1.165, 1.54) is 24.3 Å². The van der Waals surface area contributed by atoms with Crippen molar-refractivity contribution in [2.45, 2.75) is 12.8 Å². The molecule has 2 amide bonds. The van der Waals surface area contributed by atoms with Gasteiger partial charge in [-0.15, -0.1) is 0 Å². The van der Waals surface area contributed by atoms with Crippen molar-refractivity contribution in [3.8, 4) is 5.75 Å². The van der Waals surface area contributed by atoms with Gasteiger partial charge in [-0.2, -0.15) is 0 Å². The van der Waals surface area contributed by atoms with Crippen LogP contribution in [0.3, 0.4) is 0 Å². The van der Waals surface area contributed by atoms with E-state index in [-0.39, 0.29) is 17.4 Å². The molecule has 150 valence electrons. The first-order valence-electron chi connectivity index (χ1n) is 9.22. The molecule has 0 aliphatic heterocycles. The van der Waals surface area contributed by atoms with E-state index < -0.39 is 17.8 Å². The van der Waals surface area contributed by atoms with Gasteiger partial charge in [0, 0.05) is 17.4 Å². The lowest BCUT2D eigenvalue weighted by Crippen LogP contribution is -2.37. The maximum absolute atomic E-state index is 12.8. The van der Waals surface area contributed by atoms with Crippen LogP contribution in [-0.4, -0.2) is 30.0 Å². The van der Waals surface area contributed by atoms with Crippen LogP contribution in [0.4, 0.5) is 11.4 Å². The van der Waals surface area contributed by atoms with Crippen molar-refractivity contribution < 1.29 is 24.2 Å². The summed E-state index contributed by atoms with van der Waals surface area (Å²) < 4.78 is 5.17. The first kappa shape index (κ1) is 20.1. The van der Waals surface area contributed by atoms with Gasteiger partial charge in [-0.25, -0.2) is 4.79 Å². The second-order valence-electron chi connectivity index (χ2n) is 6.75. The number of hydrogen-bond acceptors (Lipinski definition) is 4. The van der Waals surface area contributed by atoms with Crippen LogP contribution < -0.4 is 15.4 Å². The van der Waals surface area contributed by atoms with Crippen molar-refractivity contribution in [2.24, 2.45) is 11.8 Å². The van der Waals surface area contributed by atoms with Gasteiger partial charge in [0.2, 0.25) is 11.8 Å². The summed E-state index contributed by atoms with van der Waals surface area (Å²) in [5.41, 5.74) is 1.23. The Morgan fingerprint density at radius 1 is 0.897 bits per heavy atom. The molecule has 7 heteroatoms. The summed E-state index contributed by atoms with van der Waals surface area (Å²) in [7, 11) is 1.55. The molecule has 2 atom stereocenters. The molecule has 0 radical (unpaired) electrons. The number of carbonyl (C=O) groups excluding carboxylic acids is 2. The van der Waals surface area contributed by atoms with Crippen LogP contribution in [0.5, 0.6) is 5.75 Å². The van der Waals surface area contributed by atoms with Gasteiger partial charge >= 0.3 is 5.97 Å². The zero-order valence-corrected chi connectivity index (χ0v) is 15.9. The lowest BCUT2D eigenvalue weighted by Gasteiger charge is -2.26. The average molecular weight is 394 g/mol. The molecular formula is C22H22N2O5. The fourth-order valence-corrected chi connectivity index (χ4v) is 3.26. The highest BCUT2D eigenvalue weighted by atomic mass is 16.5. The SMILES string of the molecule is COc1cccc(NC(=O)C2CC=CCC2C(=O)Nc2ccc(C(=O)O)cc2)c1. The number of methoxy groups -OCH3 is 1. The van der Waals surface area contributed by atoms with Crippen LogP contribution in [0, 0.1) is 11.8 Å². The number of amides is 2. The molecule has 7 nitrogen and oxygen atoms in total. The van der Waals surface area contributed by atoms with Crippen LogP contribution in [-0.2, 0) is 9.59 Å². The Balaban J connectivity index is 1.69. The molecule has 29 heavy (non-hydrogen) atoms. The number of benzene rings is 2. The Hall–Kier alpha value is -3.61. The van der Waals surface area contributed by atoms with Crippen molar-refractivity contribution >= 4 is 29.2 Å². The molecule has 2 unspecified atom stereocenters. The zero-order chi connectivity index (χ0) is 20.8. The number of aromatic carboxylic acids is 1. The van der Waals surface area contributed by atoms with Crippen LogP contribution in [0.1, 0.15) is 23.2 Å². The molecule has 2 aromatic rings. The van der Waals surface area contributed by atoms with E-state index in [1.54, 1.807) is 31.4 Å². The Morgan fingerprint density at radius 2 is 1.48 bits per heavy atom. The monoisotopic (exact) mass is 394 g/mol. The number of anilines is 2. The summed E-state index contributed by atoms with van der Waals surface area (Å²) in [6.45, 7) is 0. The minimum atomic E-state index is -1.03. The van der Waals surface area contributed by atoms with Gasteiger partial charge in [0.25, 0.3) is 0 Å². The number of carboxylic acids is 1. The first-order valence-corrected chi connectivity index (χ1v) is 9.22. The van der Waals surface area contributed by atoms with Gasteiger partial charge in [-0.05, 0) is 49.2 Å². The molecule has 3 N–H and O–H groups in total. The number of nitrogens with one attached hydrogen (secondary N) is 2. The van der Waals surface area contributed by atoms with E-state index in [2.05, 4.69) is 10.6 Å². The number of carboxylic acid groups (broad SMARTS) is 1. The van der Waals surface area contributed by atoms with E-state index in [9.17, 15) is 14.4 Å². The largest absolute Gasteiger partial charge is 0.497 e. The van der Waals surface area contributed by atoms with E-state index in [1.807, 2.05) is 12.2 Å². The molecule has 0 saturated heterocycles. The lowest BCUT2D eigenvalue weighted by atomic mass is 9.81. The van der Waals surface area contributed by atoms with Crippen molar-refractivity contribution in [1.82, 2.24) is 0 Å². The van der Waals surface area contributed by atoms with Crippen molar-refractivity contribution in [3.05, 3.63) is 66.2 Å². The van der Waals surface area contributed by atoms with Crippen molar-refractivity contribution in [2.75, 3.05) is 17.7 Å². The molecule has 0 saturated carbocycles. The summed E-state index contributed by atoms with van der Waals surface area (Å²) in [4.78, 5) is 36.6. The molecule has 3 rings (SSSR count). The summed E-state index contributed by atoms with van der Waals surface area (Å²) in [6.07, 6.45) is 4.72. The second kappa shape index (κ2) is 9.05. The number of hydrogen-bond donors (Lipinski definition) is 3. The molecule has 0 bridgehead atoms. The zero-order valence-electron chi connectivity index (χ0n) is 15.9. The molecule has 0 aromatic heterocycles. The Morgan fingerprint density at radius 3 is 2.03 bits per heavy atom. The summed E-state index contributed by atoms with van der Waals surface area (Å²) >= 11 is 0. The van der Waals surface area contributed by atoms with Crippen LogP contribution in [0.25, 0.3) is 0 Å². The van der Waals surface area contributed by atoms with E-state index >= 15 is 0 Å². The molecule has 0 heterocycles. The average Bonchev–Trinajstić information content (AvgIpc) is 2.74. The van der Waals surface area contributed by atoms with Crippen LogP contribution in [0.2, 0.25) is 0 Å². The molecule has 1 aliphatic rings. The standard InChI is InChI=1S/C22H22N2O5/c1-29-17-6-4-5-16(13-17)24-21(26)19-8-3-2-7-18(19)20(25)23-15-11-9-14(10-12-15)22(27)28/h2-6,9-13,18-19H,7-8H2,1H3,(H,23,25)(H,24,26)(H,27,28). The van der Waals surface area contributed by atoms with Crippen LogP contribution in [0.15, 0.2) is 60.7 Å². The quantitative estimate of drug-likeness (QED) is 0.650. The van der Waals surface area contributed by atoms with Gasteiger partial charge in [-0.3, -0.25) is 9.59 Å². The fourth-order valence-electron chi connectivity index (χ4n) is 3.26. The maximum Gasteiger partial charge on any atom is 0.335 e. The fraction of sp³-hybridized carbons (Fsp3) is 0.227. The number of allylic oxidation sites excluding steroid dienone is 2. The van der Waals surface area contributed by atoms with Gasteiger partial charge in [-0.1, -0.05) is 18.2 Å². The number of carbonyl (C=O) groups is 3. The molecule has 2 aromatic carbocycles. The normalized spacial score (nSPS) is 18.0.